The van der Waals surface area contributed by atoms with Gasteiger partial charge in [0.1, 0.15) is 5.75 Å². The summed E-state index contributed by atoms with van der Waals surface area (Å²) in [6, 6.07) is 11.7. The predicted octanol–water partition coefficient (Wildman–Crippen LogP) is 2.93. The first kappa shape index (κ1) is 19.1. The Morgan fingerprint density at radius 3 is 1.96 bits per heavy atom. The van der Waals surface area contributed by atoms with Gasteiger partial charge in [0.25, 0.3) is 0 Å². The topological polar surface area (TPSA) is 73.9 Å². The number of benzene rings is 2. The van der Waals surface area contributed by atoms with Crippen molar-refractivity contribution in [2.75, 3.05) is 21.3 Å². The van der Waals surface area contributed by atoms with E-state index in [0.29, 0.717) is 17.2 Å². The third-order valence-electron chi connectivity index (χ3n) is 3.87. The maximum Gasteiger partial charge on any atom is 0.241 e. The zero-order valence-electron chi connectivity index (χ0n) is 15.0. The first-order chi connectivity index (χ1) is 11.7. The SMILES string of the molecule is COc1ccc(C(C)(C)NS(=O)(=O)c2ccc(OC)c(OC)c2)cc1. The third-order valence-corrected chi connectivity index (χ3v) is 5.52. The van der Waals surface area contributed by atoms with Crippen LogP contribution in [0.1, 0.15) is 19.4 Å². The summed E-state index contributed by atoms with van der Waals surface area (Å²) in [5.41, 5.74) is 0.00972. The molecule has 2 aromatic rings. The second-order valence-corrected chi connectivity index (χ2v) is 7.66. The fourth-order valence-electron chi connectivity index (χ4n) is 2.45. The van der Waals surface area contributed by atoms with Crippen molar-refractivity contribution in [2.45, 2.75) is 24.3 Å². The van der Waals surface area contributed by atoms with Crippen LogP contribution in [0.25, 0.3) is 0 Å². The van der Waals surface area contributed by atoms with Gasteiger partial charge in [0.2, 0.25) is 10.0 Å². The minimum absolute atomic E-state index is 0.103. The van der Waals surface area contributed by atoms with Crippen molar-refractivity contribution in [3.05, 3.63) is 48.0 Å². The highest BCUT2D eigenvalue weighted by atomic mass is 32.2. The summed E-state index contributed by atoms with van der Waals surface area (Å²) in [5, 5.41) is 0. The summed E-state index contributed by atoms with van der Waals surface area (Å²) in [4.78, 5) is 0.103. The zero-order valence-corrected chi connectivity index (χ0v) is 15.8. The van der Waals surface area contributed by atoms with Crippen molar-refractivity contribution in [3.63, 3.8) is 0 Å². The smallest absolute Gasteiger partial charge is 0.241 e. The lowest BCUT2D eigenvalue weighted by Gasteiger charge is -2.27. The lowest BCUT2D eigenvalue weighted by molar-refractivity contribution is 0.353. The third kappa shape index (κ3) is 4.24. The van der Waals surface area contributed by atoms with Crippen LogP contribution in [0.15, 0.2) is 47.4 Å². The molecule has 136 valence electrons. The van der Waals surface area contributed by atoms with Crippen LogP contribution in [-0.2, 0) is 15.6 Å². The van der Waals surface area contributed by atoms with Crippen LogP contribution in [0.4, 0.5) is 0 Å². The molecule has 0 aromatic heterocycles. The van der Waals surface area contributed by atoms with Crippen LogP contribution in [0, 0.1) is 0 Å². The van der Waals surface area contributed by atoms with E-state index in [1.165, 1.54) is 26.4 Å². The summed E-state index contributed by atoms with van der Waals surface area (Å²) in [6.45, 7) is 3.60. The lowest BCUT2D eigenvalue weighted by atomic mass is 9.96. The Morgan fingerprint density at radius 1 is 0.840 bits per heavy atom. The van der Waals surface area contributed by atoms with Gasteiger partial charge in [0, 0.05) is 6.07 Å². The molecule has 6 nitrogen and oxygen atoms in total. The van der Waals surface area contributed by atoms with Crippen molar-refractivity contribution < 1.29 is 22.6 Å². The molecule has 2 rings (SSSR count). The van der Waals surface area contributed by atoms with E-state index in [1.54, 1.807) is 39.2 Å². The first-order valence-electron chi connectivity index (χ1n) is 7.64. The Bertz CT molecular complexity index is 829. The fourth-order valence-corrected chi connectivity index (χ4v) is 3.86. The van der Waals surface area contributed by atoms with Crippen LogP contribution in [0.2, 0.25) is 0 Å². The van der Waals surface area contributed by atoms with E-state index in [9.17, 15) is 8.42 Å². The Hall–Kier alpha value is -2.25. The van der Waals surface area contributed by atoms with E-state index in [4.69, 9.17) is 14.2 Å². The number of nitrogens with one attached hydrogen (secondary N) is 1. The Kier molecular flexibility index (Phi) is 5.59. The van der Waals surface area contributed by atoms with E-state index in [-0.39, 0.29) is 4.90 Å². The second-order valence-electron chi connectivity index (χ2n) is 5.98. The van der Waals surface area contributed by atoms with Crippen LogP contribution in [-0.4, -0.2) is 29.7 Å². The molecule has 2 aromatic carbocycles. The van der Waals surface area contributed by atoms with Crippen LogP contribution in [0.3, 0.4) is 0 Å². The average Bonchev–Trinajstić information content (AvgIpc) is 2.60. The molecule has 0 aliphatic carbocycles. The van der Waals surface area contributed by atoms with Gasteiger partial charge >= 0.3 is 0 Å². The van der Waals surface area contributed by atoms with E-state index in [1.807, 2.05) is 12.1 Å². The fraction of sp³-hybridized carbons (Fsp3) is 0.333. The number of ether oxygens (including phenoxy) is 3. The van der Waals surface area contributed by atoms with Crippen molar-refractivity contribution in [2.24, 2.45) is 0 Å². The molecule has 0 saturated heterocycles. The monoisotopic (exact) mass is 365 g/mol. The van der Waals surface area contributed by atoms with E-state index in [2.05, 4.69) is 4.72 Å². The molecule has 0 amide bonds. The molecule has 0 radical (unpaired) electrons. The molecule has 0 fully saturated rings. The highest BCUT2D eigenvalue weighted by molar-refractivity contribution is 7.89. The van der Waals surface area contributed by atoms with Gasteiger partial charge in [-0.2, -0.15) is 0 Å². The van der Waals surface area contributed by atoms with Gasteiger partial charge in [-0.05, 0) is 43.7 Å². The number of hydrogen-bond acceptors (Lipinski definition) is 5. The number of sulfonamides is 1. The van der Waals surface area contributed by atoms with Gasteiger partial charge in [0.05, 0.1) is 31.8 Å². The maximum absolute atomic E-state index is 12.8. The summed E-state index contributed by atoms with van der Waals surface area (Å²) < 4.78 is 43.7. The van der Waals surface area contributed by atoms with E-state index in [0.717, 1.165) is 5.56 Å². The maximum atomic E-state index is 12.8. The van der Waals surface area contributed by atoms with Crippen LogP contribution >= 0.6 is 0 Å². The normalized spacial score (nSPS) is 11.9. The summed E-state index contributed by atoms with van der Waals surface area (Å²) in [5.74, 6) is 1.53. The molecule has 7 heteroatoms. The van der Waals surface area contributed by atoms with Crippen molar-refractivity contribution >= 4 is 10.0 Å². The summed E-state index contributed by atoms with van der Waals surface area (Å²) in [6.07, 6.45) is 0. The van der Waals surface area contributed by atoms with Crippen molar-refractivity contribution in [1.82, 2.24) is 4.72 Å². The molecule has 1 N–H and O–H groups in total. The van der Waals surface area contributed by atoms with Gasteiger partial charge in [-0.25, -0.2) is 13.1 Å². The first-order valence-corrected chi connectivity index (χ1v) is 9.12. The molecule has 0 unspecified atom stereocenters. The number of rotatable bonds is 7. The summed E-state index contributed by atoms with van der Waals surface area (Å²) in [7, 11) is 0.785. The molecule has 0 saturated carbocycles. The zero-order chi connectivity index (χ0) is 18.7. The molecule has 25 heavy (non-hydrogen) atoms. The standard InChI is InChI=1S/C18H23NO5S/c1-18(2,13-6-8-14(22-3)9-7-13)19-25(20,21)15-10-11-16(23-4)17(12-15)24-5/h6-12,19H,1-5H3. The van der Waals surface area contributed by atoms with Gasteiger partial charge < -0.3 is 14.2 Å². The Labute approximate surface area is 148 Å². The van der Waals surface area contributed by atoms with Gasteiger partial charge in [0.15, 0.2) is 11.5 Å². The van der Waals surface area contributed by atoms with E-state index < -0.39 is 15.6 Å². The van der Waals surface area contributed by atoms with Gasteiger partial charge in [-0.15, -0.1) is 0 Å². The van der Waals surface area contributed by atoms with Crippen molar-refractivity contribution in [3.8, 4) is 17.2 Å². The van der Waals surface area contributed by atoms with E-state index >= 15 is 0 Å². The number of hydrogen-bond donors (Lipinski definition) is 1. The highest BCUT2D eigenvalue weighted by Crippen LogP contribution is 2.31. The second kappa shape index (κ2) is 7.33. The molecule has 0 aliphatic rings. The van der Waals surface area contributed by atoms with Crippen LogP contribution < -0.4 is 18.9 Å². The lowest BCUT2D eigenvalue weighted by Crippen LogP contribution is -2.40. The predicted molar refractivity (Wildman–Crippen MR) is 95.9 cm³/mol. The minimum Gasteiger partial charge on any atom is -0.497 e. The molecule has 0 spiro atoms. The van der Waals surface area contributed by atoms with Crippen molar-refractivity contribution in [1.29, 1.82) is 0 Å². The average molecular weight is 365 g/mol. The molecule has 0 bridgehead atoms. The molecule has 0 heterocycles. The molecular weight excluding hydrogens is 342 g/mol. The minimum atomic E-state index is -3.76. The Morgan fingerprint density at radius 2 is 1.44 bits per heavy atom. The molecule has 0 aliphatic heterocycles. The molecule has 0 atom stereocenters. The number of methoxy groups -OCH3 is 3. The summed E-state index contributed by atoms with van der Waals surface area (Å²) >= 11 is 0. The Balaban J connectivity index is 2.33. The van der Waals surface area contributed by atoms with Crippen LogP contribution in [0.5, 0.6) is 17.2 Å². The largest absolute Gasteiger partial charge is 0.497 e. The van der Waals surface area contributed by atoms with Gasteiger partial charge in [-0.1, -0.05) is 12.1 Å². The quantitative estimate of drug-likeness (QED) is 0.817. The molecular formula is C18H23NO5S. The highest BCUT2D eigenvalue weighted by Gasteiger charge is 2.28. The van der Waals surface area contributed by atoms with Gasteiger partial charge in [-0.3, -0.25) is 0 Å².